The second-order valence-corrected chi connectivity index (χ2v) is 5.49. The van der Waals surface area contributed by atoms with Gasteiger partial charge in [0.2, 0.25) is 7.85 Å². The molecule has 0 fully saturated rings. The number of hydrogen-bond acceptors (Lipinski definition) is 3. The molecular formula is C16H14BF4N3O2. The van der Waals surface area contributed by atoms with Gasteiger partial charge in [0.25, 0.3) is 0 Å². The van der Waals surface area contributed by atoms with Gasteiger partial charge in [0.05, 0.1) is 11.3 Å². The maximum absolute atomic E-state index is 14.0. The summed E-state index contributed by atoms with van der Waals surface area (Å²) in [4.78, 5) is 23.7. The van der Waals surface area contributed by atoms with Crippen molar-refractivity contribution in [2.45, 2.75) is 12.7 Å². The highest BCUT2D eigenvalue weighted by molar-refractivity contribution is 6.60. The monoisotopic (exact) mass is 367 g/mol. The average molecular weight is 367 g/mol. The van der Waals surface area contributed by atoms with E-state index in [2.05, 4.69) is 5.32 Å². The molecule has 26 heavy (non-hydrogen) atoms. The number of nitrogens with one attached hydrogen (secondary N) is 1. The SMILES string of the molecule is [B]C(=O)Nc1cc(F)n(CCN(C)c2ccc(C(F)(F)F)cc2)c1C=O. The number of benzene rings is 1. The minimum Gasteiger partial charge on any atom is -0.373 e. The van der Waals surface area contributed by atoms with E-state index in [4.69, 9.17) is 7.85 Å². The smallest absolute Gasteiger partial charge is 0.373 e. The summed E-state index contributed by atoms with van der Waals surface area (Å²) in [5.74, 6) is -1.69. The van der Waals surface area contributed by atoms with E-state index >= 15 is 0 Å². The van der Waals surface area contributed by atoms with E-state index in [1.54, 1.807) is 11.9 Å². The molecule has 0 aliphatic heterocycles. The van der Waals surface area contributed by atoms with Crippen LogP contribution in [0.1, 0.15) is 16.1 Å². The first-order valence-electron chi connectivity index (χ1n) is 7.42. The van der Waals surface area contributed by atoms with Gasteiger partial charge in [-0.1, -0.05) is 0 Å². The summed E-state index contributed by atoms with van der Waals surface area (Å²) < 4.78 is 52.8. The molecule has 0 unspecified atom stereocenters. The molecule has 136 valence electrons. The highest BCUT2D eigenvalue weighted by Crippen LogP contribution is 2.30. The second-order valence-electron chi connectivity index (χ2n) is 5.49. The molecule has 0 spiro atoms. The van der Waals surface area contributed by atoms with E-state index in [1.807, 2.05) is 0 Å². The Hall–Kier alpha value is -2.78. The molecule has 10 heteroatoms. The normalized spacial score (nSPS) is 11.3. The Kier molecular flexibility index (Phi) is 5.74. The standard InChI is InChI=1S/C16H14BF4N3O2/c1-23(11-4-2-10(3-5-11)16(19,20)21)6-7-24-13(9-25)12(8-14(24)18)22-15(17)26/h2-5,8-9H,6-7H2,1H3,(H,22,26). The van der Waals surface area contributed by atoms with Gasteiger partial charge in [-0.05, 0) is 24.3 Å². The van der Waals surface area contributed by atoms with E-state index in [9.17, 15) is 27.2 Å². The van der Waals surface area contributed by atoms with Crippen LogP contribution in [0, 0.1) is 5.95 Å². The van der Waals surface area contributed by atoms with Crippen molar-refractivity contribution in [1.29, 1.82) is 0 Å². The number of alkyl halides is 3. The first kappa shape index (κ1) is 19.5. The van der Waals surface area contributed by atoms with Gasteiger partial charge in [0.15, 0.2) is 18.0 Å². The number of halogens is 4. The highest BCUT2D eigenvalue weighted by Gasteiger charge is 2.30. The summed E-state index contributed by atoms with van der Waals surface area (Å²) in [6.45, 7) is 0.228. The number of likely N-dealkylation sites (N-methyl/N-ethyl adjacent to an activating group) is 1. The lowest BCUT2D eigenvalue weighted by molar-refractivity contribution is -0.137. The summed E-state index contributed by atoms with van der Waals surface area (Å²) in [6.07, 6.45) is -4.04. The average Bonchev–Trinajstić information content (AvgIpc) is 2.85. The molecule has 0 saturated carbocycles. The number of aldehydes is 1. The number of carbonyl (C=O) groups excluding carboxylic acids is 2. The molecule has 1 aromatic heterocycles. The van der Waals surface area contributed by atoms with Gasteiger partial charge < -0.3 is 14.8 Å². The molecular weight excluding hydrogens is 353 g/mol. The zero-order valence-electron chi connectivity index (χ0n) is 13.7. The molecule has 1 amide bonds. The lowest BCUT2D eigenvalue weighted by Crippen LogP contribution is -2.24. The number of carbonyl (C=O) groups is 2. The quantitative estimate of drug-likeness (QED) is 0.484. The highest BCUT2D eigenvalue weighted by atomic mass is 19.4. The Bertz CT molecular complexity index is 803. The summed E-state index contributed by atoms with van der Waals surface area (Å²) in [5, 5.41) is 2.15. The van der Waals surface area contributed by atoms with E-state index in [-0.39, 0.29) is 24.5 Å². The molecule has 2 radical (unpaired) electrons. The molecule has 5 nitrogen and oxygen atoms in total. The number of nitrogens with zero attached hydrogens (tertiary/aromatic N) is 2. The van der Waals surface area contributed by atoms with Crippen molar-refractivity contribution in [3.63, 3.8) is 0 Å². The third kappa shape index (κ3) is 4.44. The second kappa shape index (κ2) is 7.63. The summed E-state index contributed by atoms with van der Waals surface area (Å²) >= 11 is 0. The van der Waals surface area contributed by atoms with Crippen molar-refractivity contribution in [1.82, 2.24) is 4.57 Å². The zero-order valence-corrected chi connectivity index (χ0v) is 13.7. The zero-order chi connectivity index (χ0) is 19.5. The third-order valence-corrected chi connectivity index (χ3v) is 3.75. The number of amides is 1. The minimum absolute atomic E-state index is 0.0257. The molecule has 0 aliphatic rings. The molecule has 1 aromatic carbocycles. The van der Waals surface area contributed by atoms with Gasteiger partial charge in [-0.2, -0.15) is 17.6 Å². The molecule has 1 heterocycles. The topological polar surface area (TPSA) is 54.3 Å². The molecule has 0 aliphatic carbocycles. The first-order valence-corrected chi connectivity index (χ1v) is 7.42. The molecule has 0 atom stereocenters. The van der Waals surface area contributed by atoms with Crippen molar-refractivity contribution >= 4 is 31.3 Å². The lowest BCUT2D eigenvalue weighted by atomic mass is 10.1. The van der Waals surface area contributed by atoms with E-state index < -0.39 is 23.5 Å². The Labute approximate surface area is 148 Å². The Morgan fingerprint density at radius 3 is 2.42 bits per heavy atom. The summed E-state index contributed by atoms with van der Waals surface area (Å²) in [5.41, 5.74) is -0.422. The molecule has 2 rings (SSSR count). The number of rotatable bonds is 6. The van der Waals surface area contributed by atoms with Crippen molar-refractivity contribution in [2.24, 2.45) is 0 Å². The van der Waals surface area contributed by atoms with Crippen molar-refractivity contribution in [3.8, 4) is 0 Å². The third-order valence-electron chi connectivity index (χ3n) is 3.75. The Morgan fingerprint density at radius 1 is 1.31 bits per heavy atom. The van der Waals surface area contributed by atoms with Crippen molar-refractivity contribution < 1.29 is 27.2 Å². The van der Waals surface area contributed by atoms with Crippen LogP contribution >= 0.6 is 0 Å². The van der Waals surface area contributed by atoms with Crippen LogP contribution in [0.15, 0.2) is 30.3 Å². The van der Waals surface area contributed by atoms with Crippen LogP contribution in [0.25, 0.3) is 0 Å². The predicted octanol–water partition coefficient (Wildman–Crippen LogP) is 3.30. The fourth-order valence-electron chi connectivity index (χ4n) is 2.40. The van der Waals surface area contributed by atoms with Crippen LogP contribution < -0.4 is 10.2 Å². The van der Waals surface area contributed by atoms with Crippen LogP contribution in [-0.4, -0.2) is 38.1 Å². The van der Waals surface area contributed by atoms with Crippen LogP contribution in [0.2, 0.25) is 0 Å². The van der Waals surface area contributed by atoms with Gasteiger partial charge in [0, 0.05) is 31.9 Å². The van der Waals surface area contributed by atoms with Gasteiger partial charge in [-0.3, -0.25) is 9.59 Å². The Balaban J connectivity index is 2.12. The Morgan fingerprint density at radius 2 is 1.92 bits per heavy atom. The maximum atomic E-state index is 14.0. The van der Waals surface area contributed by atoms with Crippen LogP contribution in [0.3, 0.4) is 0 Å². The van der Waals surface area contributed by atoms with Crippen LogP contribution in [0.4, 0.5) is 33.7 Å². The number of hydrogen-bond donors (Lipinski definition) is 1. The molecule has 2 aromatic rings. The van der Waals surface area contributed by atoms with Gasteiger partial charge in [-0.15, -0.1) is 0 Å². The summed E-state index contributed by atoms with van der Waals surface area (Å²) in [6, 6.07) is 5.47. The van der Waals surface area contributed by atoms with Gasteiger partial charge >= 0.3 is 6.18 Å². The van der Waals surface area contributed by atoms with E-state index in [1.165, 1.54) is 12.1 Å². The maximum Gasteiger partial charge on any atom is 0.416 e. The lowest BCUT2D eigenvalue weighted by Gasteiger charge is -2.21. The first-order chi connectivity index (χ1) is 12.1. The van der Waals surface area contributed by atoms with Crippen molar-refractivity contribution in [2.75, 3.05) is 23.8 Å². The predicted molar refractivity (Wildman–Crippen MR) is 89.3 cm³/mol. The minimum atomic E-state index is -4.42. The fraction of sp³-hybridized carbons (Fsp3) is 0.250. The van der Waals surface area contributed by atoms with Gasteiger partial charge in [0.1, 0.15) is 5.69 Å². The largest absolute Gasteiger partial charge is 0.416 e. The van der Waals surface area contributed by atoms with Gasteiger partial charge in [-0.25, -0.2) is 0 Å². The summed E-state index contributed by atoms with van der Waals surface area (Å²) in [7, 11) is 6.58. The van der Waals surface area contributed by atoms with Crippen LogP contribution in [-0.2, 0) is 12.7 Å². The van der Waals surface area contributed by atoms with E-state index in [0.717, 1.165) is 22.8 Å². The number of aromatic nitrogens is 1. The van der Waals surface area contributed by atoms with E-state index in [0.29, 0.717) is 12.0 Å². The van der Waals surface area contributed by atoms with Crippen LogP contribution in [0.5, 0.6) is 0 Å². The van der Waals surface area contributed by atoms with Crippen molar-refractivity contribution in [3.05, 3.63) is 47.5 Å². The molecule has 1 N–H and O–H groups in total. The number of anilines is 2. The molecule has 0 saturated heterocycles. The molecule has 0 bridgehead atoms. The fourth-order valence-corrected chi connectivity index (χ4v) is 2.40.